The van der Waals surface area contributed by atoms with Gasteiger partial charge in [0.2, 0.25) is 5.91 Å². The maximum atomic E-state index is 13.1. The van der Waals surface area contributed by atoms with Crippen molar-refractivity contribution in [3.05, 3.63) is 34.6 Å². The normalized spacial score (nSPS) is 31.8. The summed E-state index contributed by atoms with van der Waals surface area (Å²) in [5.41, 5.74) is 0.275. The molecule has 2 fully saturated rings. The van der Waals surface area contributed by atoms with E-state index in [1.807, 2.05) is 0 Å². The molecule has 0 radical (unpaired) electrons. The van der Waals surface area contributed by atoms with Crippen LogP contribution in [-0.2, 0) is 4.79 Å². The summed E-state index contributed by atoms with van der Waals surface area (Å²) in [4.78, 5) is 24.7. The number of piperidine rings is 1. The summed E-state index contributed by atoms with van der Waals surface area (Å²) in [6, 6.07) is 3.86. The molecule has 25 heavy (non-hydrogen) atoms. The molecule has 1 aromatic carbocycles. The van der Waals surface area contributed by atoms with Crippen LogP contribution in [0.25, 0.3) is 0 Å². The number of benzene rings is 1. The molecule has 2 amide bonds. The predicted molar refractivity (Wildman–Crippen MR) is 94.9 cm³/mol. The van der Waals surface area contributed by atoms with Crippen LogP contribution < -0.4 is 10.6 Å². The first-order valence-electron chi connectivity index (χ1n) is 8.97. The lowest BCUT2D eigenvalue weighted by atomic mass is 9.67. The number of halogens is 2. The lowest BCUT2D eigenvalue weighted by molar-refractivity contribution is -0.133. The van der Waals surface area contributed by atoms with E-state index in [2.05, 4.69) is 24.5 Å². The fourth-order valence-corrected chi connectivity index (χ4v) is 4.69. The molecule has 4 nitrogen and oxygen atoms in total. The molecule has 1 saturated carbocycles. The first kappa shape index (κ1) is 18.2. The summed E-state index contributed by atoms with van der Waals surface area (Å²) in [5.74, 6) is 0.286. The lowest BCUT2D eigenvalue weighted by Gasteiger charge is -2.46. The summed E-state index contributed by atoms with van der Waals surface area (Å²) >= 11 is 5.97. The van der Waals surface area contributed by atoms with Crippen LogP contribution in [0.5, 0.6) is 0 Å². The zero-order valence-electron chi connectivity index (χ0n) is 14.5. The Balaban J connectivity index is 1.65. The van der Waals surface area contributed by atoms with Crippen molar-refractivity contribution in [3.8, 4) is 0 Å². The highest BCUT2D eigenvalue weighted by atomic mass is 35.5. The molecule has 1 heterocycles. The summed E-state index contributed by atoms with van der Waals surface area (Å²) in [5, 5.41) is 6.24. The topological polar surface area (TPSA) is 58.2 Å². The van der Waals surface area contributed by atoms with Gasteiger partial charge in [0.25, 0.3) is 5.91 Å². The van der Waals surface area contributed by atoms with Crippen molar-refractivity contribution in [1.82, 2.24) is 10.6 Å². The highest BCUT2D eigenvalue weighted by molar-refractivity contribution is 6.33. The molecule has 0 aromatic heterocycles. The Morgan fingerprint density at radius 1 is 1.40 bits per heavy atom. The summed E-state index contributed by atoms with van der Waals surface area (Å²) in [6.45, 7) is 4.22. The minimum Gasteiger partial charge on any atom is -0.353 e. The van der Waals surface area contributed by atoms with E-state index in [1.165, 1.54) is 12.1 Å². The van der Waals surface area contributed by atoms with Gasteiger partial charge in [-0.2, -0.15) is 0 Å². The monoisotopic (exact) mass is 366 g/mol. The van der Waals surface area contributed by atoms with E-state index in [9.17, 15) is 14.0 Å². The number of nitrogens with one attached hydrogen (secondary N) is 2. The fraction of sp³-hybridized carbons (Fsp3) is 0.579. The van der Waals surface area contributed by atoms with Crippen LogP contribution in [0, 0.1) is 23.6 Å². The highest BCUT2D eigenvalue weighted by Crippen LogP contribution is 2.39. The van der Waals surface area contributed by atoms with Crippen LogP contribution in [-0.4, -0.2) is 23.9 Å². The van der Waals surface area contributed by atoms with Crippen LogP contribution in [0.2, 0.25) is 5.02 Å². The molecule has 0 spiro atoms. The zero-order chi connectivity index (χ0) is 18.1. The van der Waals surface area contributed by atoms with Crippen LogP contribution in [0.1, 0.15) is 49.9 Å². The molecule has 0 bridgehead atoms. The number of amides is 2. The molecule has 1 aromatic rings. The van der Waals surface area contributed by atoms with Gasteiger partial charge in [0.05, 0.1) is 10.6 Å². The SMILES string of the molecule is CCC1C(=O)NC2CC(NC(=O)c3ccc(F)cc3Cl)CCC2C1C. The molecule has 2 aliphatic rings. The number of carbonyl (C=O) groups excluding carboxylic acids is 2. The Hall–Kier alpha value is -1.62. The molecule has 1 aliphatic carbocycles. The summed E-state index contributed by atoms with van der Waals surface area (Å²) in [7, 11) is 0. The Kier molecular flexibility index (Phi) is 5.32. The average molecular weight is 367 g/mol. The quantitative estimate of drug-likeness (QED) is 0.859. The van der Waals surface area contributed by atoms with Crippen LogP contribution in [0.15, 0.2) is 18.2 Å². The van der Waals surface area contributed by atoms with Crippen molar-refractivity contribution in [1.29, 1.82) is 0 Å². The minimum atomic E-state index is -0.466. The molecule has 2 N–H and O–H groups in total. The van der Waals surface area contributed by atoms with Gasteiger partial charge < -0.3 is 10.6 Å². The second-order valence-electron chi connectivity index (χ2n) is 7.26. The zero-order valence-corrected chi connectivity index (χ0v) is 15.3. The summed E-state index contributed by atoms with van der Waals surface area (Å²) in [6.07, 6.45) is 3.44. The molecular formula is C19H24ClFN2O2. The average Bonchev–Trinajstić information content (AvgIpc) is 2.54. The Labute approximate surface area is 152 Å². The maximum absolute atomic E-state index is 13.1. The summed E-state index contributed by atoms with van der Waals surface area (Å²) < 4.78 is 13.1. The van der Waals surface area contributed by atoms with Crippen LogP contribution in [0.3, 0.4) is 0 Å². The van der Waals surface area contributed by atoms with Crippen molar-refractivity contribution < 1.29 is 14.0 Å². The van der Waals surface area contributed by atoms with Crippen LogP contribution in [0.4, 0.5) is 4.39 Å². The smallest absolute Gasteiger partial charge is 0.253 e. The first-order chi connectivity index (χ1) is 11.9. The highest BCUT2D eigenvalue weighted by Gasteiger charge is 2.43. The van der Waals surface area contributed by atoms with E-state index < -0.39 is 5.82 Å². The van der Waals surface area contributed by atoms with Gasteiger partial charge in [-0.15, -0.1) is 0 Å². The van der Waals surface area contributed by atoms with E-state index in [0.717, 1.165) is 31.7 Å². The lowest BCUT2D eigenvalue weighted by Crippen LogP contribution is -2.58. The third-order valence-electron chi connectivity index (χ3n) is 5.83. The molecule has 1 saturated heterocycles. The molecule has 5 unspecified atom stereocenters. The number of carbonyl (C=O) groups is 2. The van der Waals surface area contributed by atoms with Gasteiger partial charge in [0.1, 0.15) is 5.82 Å². The predicted octanol–water partition coefficient (Wildman–Crippen LogP) is 3.54. The van der Waals surface area contributed by atoms with Crippen molar-refractivity contribution in [2.75, 3.05) is 0 Å². The van der Waals surface area contributed by atoms with Gasteiger partial charge in [-0.05, 0) is 55.7 Å². The van der Waals surface area contributed by atoms with E-state index >= 15 is 0 Å². The van der Waals surface area contributed by atoms with Gasteiger partial charge >= 0.3 is 0 Å². The standard InChI is InChI=1S/C19H24ClFN2O2/c1-3-13-10(2)14-7-5-12(9-17(14)23-18(13)24)22-19(25)15-6-4-11(21)8-16(15)20/h4,6,8,10,12-14,17H,3,5,7,9H2,1-2H3,(H,22,25)(H,23,24). The van der Waals surface area contributed by atoms with E-state index in [0.29, 0.717) is 11.8 Å². The van der Waals surface area contributed by atoms with Gasteiger partial charge in [-0.25, -0.2) is 4.39 Å². The van der Waals surface area contributed by atoms with E-state index in [-0.39, 0.29) is 40.4 Å². The third-order valence-corrected chi connectivity index (χ3v) is 6.14. The molecule has 6 heteroatoms. The Morgan fingerprint density at radius 2 is 2.16 bits per heavy atom. The fourth-order valence-electron chi connectivity index (χ4n) is 4.44. The van der Waals surface area contributed by atoms with E-state index in [4.69, 9.17) is 11.6 Å². The van der Waals surface area contributed by atoms with Crippen molar-refractivity contribution >= 4 is 23.4 Å². The number of rotatable bonds is 3. The molecule has 3 rings (SSSR count). The molecule has 5 atom stereocenters. The number of hydrogen-bond donors (Lipinski definition) is 2. The van der Waals surface area contributed by atoms with Gasteiger partial charge in [0, 0.05) is 18.0 Å². The van der Waals surface area contributed by atoms with Crippen LogP contribution >= 0.6 is 11.6 Å². The van der Waals surface area contributed by atoms with Gasteiger partial charge in [0.15, 0.2) is 0 Å². The Morgan fingerprint density at radius 3 is 2.84 bits per heavy atom. The maximum Gasteiger partial charge on any atom is 0.253 e. The van der Waals surface area contributed by atoms with Gasteiger partial charge in [-0.3, -0.25) is 9.59 Å². The second kappa shape index (κ2) is 7.32. The van der Waals surface area contributed by atoms with E-state index in [1.54, 1.807) is 0 Å². The van der Waals surface area contributed by atoms with Crippen molar-refractivity contribution in [2.24, 2.45) is 17.8 Å². The number of hydrogen-bond acceptors (Lipinski definition) is 2. The molecule has 1 aliphatic heterocycles. The Bertz CT molecular complexity index is 681. The van der Waals surface area contributed by atoms with Crippen molar-refractivity contribution in [2.45, 2.75) is 51.6 Å². The minimum absolute atomic E-state index is 0.0134. The largest absolute Gasteiger partial charge is 0.353 e. The van der Waals surface area contributed by atoms with Crippen molar-refractivity contribution in [3.63, 3.8) is 0 Å². The molecule has 136 valence electrons. The second-order valence-corrected chi connectivity index (χ2v) is 7.67. The number of fused-ring (bicyclic) bond motifs is 1. The first-order valence-corrected chi connectivity index (χ1v) is 9.34. The van der Waals surface area contributed by atoms with Gasteiger partial charge in [-0.1, -0.05) is 25.4 Å². The molecular weight excluding hydrogens is 343 g/mol. The third kappa shape index (κ3) is 3.66.